The van der Waals surface area contributed by atoms with Crippen LogP contribution in [0.5, 0.6) is 11.5 Å². The summed E-state index contributed by atoms with van der Waals surface area (Å²) < 4.78 is 12.1. The molecule has 0 saturated heterocycles. The lowest BCUT2D eigenvalue weighted by Crippen LogP contribution is -2.27. The number of fused-ring (bicyclic) bond motifs is 1. The number of H-pyrrole nitrogens is 1. The highest BCUT2D eigenvalue weighted by Gasteiger charge is 2.32. The van der Waals surface area contributed by atoms with E-state index < -0.39 is 0 Å². The van der Waals surface area contributed by atoms with Crippen molar-refractivity contribution in [2.75, 3.05) is 5.32 Å². The lowest BCUT2D eigenvalue weighted by atomic mass is 9.92. The first-order chi connectivity index (χ1) is 15.7. The van der Waals surface area contributed by atoms with Crippen molar-refractivity contribution < 1.29 is 14.3 Å². The summed E-state index contributed by atoms with van der Waals surface area (Å²) in [5.74, 6) is 2.71. The first-order valence-corrected chi connectivity index (χ1v) is 11.2. The van der Waals surface area contributed by atoms with Crippen molar-refractivity contribution in [2.24, 2.45) is 0 Å². The number of aromatic amines is 1. The number of hydrogen-bond donors (Lipinski definition) is 2. The number of carbonyl (C=O) groups excluding carboxylic acids is 1. The summed E-state index contributed by atoms with van der Waals surface area (Å²) in [7, 11) is 0. The number of nitrogens with zero attached hydrogens (tertiary/aromatic N) is 1. The van der Waals surface area contributed by atoms with Gasteiger partial charge in [0.15, 0.2) is 17.3 Å². The van der Waals surface area contributed by atoms with Gasteiger partial charge in [-0.05, 0) is 48.9 Å². The Morgan fingerprint density at radius 2 is 1.88 bits per heavy atom. The number of aromatic nitrogens is 2. The van der Waals surface area contributed by atoms with E-state index in [1.165, 1.54) is 12.8 Å². The maximum Gasteiger partial charge on any atom is 0.248 e. The monoisotopic (exact) mass is 429 g/mol. The number of allylic oxidation sites excluding steroid dienone is 1. The molecule has 1 atom stereocenters. The van der Waals surface area contributed by atoms with Gasteiger partial charge in [0.1, 0.15) is 0 Å². The molecule has 6 nitrogen and oxygen atoms in total. The predicted molar refractivity (Wildman–Crippen MR) is 123 cm³/mol. The van der Waals surface area contributed by atoms with Crippen LogP contribution in [0.1, 0.15) is 54.3 Å². The Hall–Kier alpha value is -3.54. The number of nitrogens with one attached hydrogen (secondary N) is 2. The molecule has 1 fully saturated rings. The minimum Gasteiger partial charge on any atom is -0.450 e. The van der Waals surface area contributed by atoms with E-state index in [0.29, 0.717) is 18.2 Å². The molecule has 0 spiro atoms. The fourth-order valence-electron chi connectivity index (χ4n) is 4.10. The summed E-state index contributed by atoms with van der Waals surface area (Å²) >= 11 is 0. The maximum absolute atomic E-state index is 12.5. The predicted octanol–water partition coefficient (Wildman–Crippen LogP) is 5.32. The van der Waals surface area contributed by atoms with Gasteiger partial charge in [-0.3, -0.25) is 9.89 Å². The Morgan fingerprint density at radius 3 is 2.53 bits per heavy atom. The standard InChI is InChI=1S/C26H27N3O3/c1-2-3-6-20(26-31-22-7-4-5-8-23(22)32-26)18-11-9-17(10-12-18)15-25(30)27-24-16-21(28-29-24)19-13-14-19/h2,4-5,7-12,16,19-20,26H,1,3,6,13-15H2,(H2,27,28,29,30). The normalized spacial score (nSPS) is 16.0. The lowest BCUT2D eigenvalue weighted by molar-refractivity contribution is -0.115. The van der Waals surface area contributed by atoms with Crippen LogP contribution in [0.2, 0.25) is 0 Å². The molecular weight excluding hydrogens is 402 g/mol. The Kier molecular flexibility index (Phi) is 5.67. The molecule has 6 heteroatoms. The van der Waals surface area contributed by atoms with Crippen LogP contribution < -0.4 is 14.8 Å². The van der Waals surface area contributed by atoms with Crippen molar-refractivity contribution in [3.05, 3.63) is 84.1 Å². The minimum atomic E-state index is -0.373. The molecule has 0 bridgehead atoms. The van der Waals surface area contributed by atoms with Crippen molar-refractivity contribution in [1.82, 2.24) is 10.2 Å². The van der Waals surface area contributed by atoms with Crippen LogP contribution in [-0.4, -0.2) is 22.4 Å². The van der Waals surface area contributed by atoms with Crippen molar-refractivity contribution in [1.29, 1.82) is 0 Å². The molecule has 0 radical (unpaired) electrons. The summed E-state index contributed by atoms with van der Waals surface area (Å²) in [5.41, 5.74) is 3.17. The third kappa shape index (κ3) is 4.54. The van der Waals surface area contributed by atoms with Gasteiger partial charge in [0, 0.05) is 17.7 Å². The summed E-state index contributed by atoms with van der Waals surface area (Å²) in [5, 5.41) is 10.1. The zero-order chi connectivity index (χ0) is 21.9. The van der Waals surface area contributed by atoms with Gasteiger partial charge in [-0.1, -0.05) is 42.5 Å². The van der Waals surface area contributed by atoms with Crippen molar-refractivity contribution in [2.45, 2.75) is 50.2 Å². The summed E-state index contributed by atoms with van der Waals surface area (Å²) in [6.07, 6.45) is 5.95. The molecule has 1 saturated carbocycles. The van der Waals surface area contributed by atoms with Crippen LogP contribution in [0.15, 0.2) is 67.3 Å². The Morgan fingerprint density at radius 1 is 1.16 bits per heavy atom. The summed E-state index contributed by atoms with van der Waals surface area (Å²) in [6, 6.07) is 17.8. The Balaban J connectivity index is 1.23. The number of benzene rings is 2. The second-order valence-electron chi connectivity index (χ2n) is 8.47. The van der Waals surface area contributed by atoms with Gasteiger partial charge in [-0.25, -0.2) is 0 Å². The SMILES string of the molecule is C=CCCC(c1ccc(CC(=O)Nc2cc(C3CC3)[nH]n2)cc1)C1Oc2ccccc2O1. The highest BCUT2D eigenvalue weighted by atomic mass is 16.7. The highest BCUT2D eigenvalue weighted by molar-refractivity contribution is 5.91. The smallest absolute Gasteiger partial charge is 0.248 e. The van der Waals surface area contributed by atoms with Gasteiger partial charge >= 0.3 is 0 Å². The van der Waals surface area contributed by atoms with Gasteiger partial charge in [-0.2, -0.15) is 5.10 Å². The number of carbonyl (C=O) groups is 1. The van der Waals surface area contributed by atoms with E-state index in [2.05, 4.69) is 34.2 Å². The maximum atomic E-state index is 12.5. The third-order valence-corrected chi connectivity index (χ3v) is 6.00. The summed E-state index contributed by atoms with van der Waals surface area (Å²) in [6.45, 7) is 3.85. The molecule has 164 valence electrons. The van der Waals surface area contributed by atoms with E-state index in [1.54, 1.807) is 0 Å². The molecule has 1 amide bonds. The molecule has 1 aliphatic carbocycles. The van der Waals surface area contributed by atoms with Crippen LogP contribution >= 0.6 is 0 Å². The number of anilines is 1. The second kappa shape index (κ2) is 8.91. The molecule has 32 heavy (non-hydrogen) atoms. The van der Waals surface area contributed by atoms with E-state index in [4.69, 9.17) is 9.47 Å². The number of rotatable bonds is 9. The van der Waals surface area contributed by atoms with Crippen molar-refractivity contribution >= 4 is 11.7 Å². The van der Waals surface area contributed by atoms with Crippen LogP contribution in [0.4, 0.5) is 5.82 Å². The molecule has 2 aliphatic rings. The molecular formula is C26H27N3O3. The van der Waals surface area contributed by atoms with Crippen LogP contribution in [0.25, 0.3) is 0 Å². The van der Waals surface area contributed by atoms with E-state index in [1.807, 2.05) is 48.5 Å². The number of hydrogen-bond acceptors (Lipinski definition) is 4. The van der Waals surface area contributed by atoms with E-state index in [9.17, 15) is 4.79 Å². The molecule has 3 aromatic rings. The Labute approximate surface area is 187 Å². The fraction of sp³-hybridized carbons (Fsp3) is 0.308. The quantitative estimate of drug-likeness (QED) is 0.452. The molecule has 2 N–H and O–H groups in total. The molecule has 1 aliphatic heterocycles. The van der Waals surface area contributed by atoms with Crippen LogP contribution in [0, 0.1) is 0 Å². The Bertz CT molecular complexity index is 1080. The lowest BCUT2D eigenvalue weighted by Gasteiger charge is -2.22. The topological polar surface area (TPSA) is 76.2 Å². The van der Waals surface area contributed by atoms with Gasteiger partial charge in [0.05, 0.1) is 12.3 Å². The average molecular weight is 430 g/mol. The number of ether oxygens (including phenoxy) is 2. The molecule has 2 heterocycles. The molecule has 1 aromatic heterocycles. The van der Waals surface area contributed by atoms with Crippen LogP contribution in [-0.2, 0) is 11.2 Å². The second-order valence-corrected chi connectivity index (χ2v) is 8.47. The minimum absolute atomic E-state index is 0.0631. The van der Waals surface area contributed by atoms with Gasteiger partial charge in [0.2, 0.25) is 12.2 Å². The van der Waals surface area contributed by atoms with Gasteiger partial charge < -0.3 is 14.8 Å². The third-order valence-electron chi connectivity index (χ3n) is 6.00. The average Bonchev–Trinajstić information content (AvgIpc) is 3.40. The number of para-hydroxylation sites is 2. The zero-order valence-electron chi connectivity index (χ0n) is 17.9. The first-order valence-electron chi connectivity index (χ1n) is 11.2. The molecule has 2 aromatic carbocycles. The van der Waals surface area contributed by atoms with Crippen molar-refractivity contribution in [3.63, 3.8) is 0 Å². The molecule has 1 unspecified atom stereocenters. The van der Waals surface area contributed by atoms with E-state index >= 15 is 0 Å². The summed E-state index contributed by atoms with van der Waals surface area (Å²) in [4.78, 5) is 12.5. The zero-order valence-corrected chi connectivity index (χ0v) is 17.9. The molecule has 5 rings (SSSR count). The van der Waals surface area contributed by atoms with E-state index in [-0.39, 0.29) is 18.1 Å². The highest BCUT2D eigenvalue weighted by Crippen LogP contribution is 2.40. The first kappa shape index (κ1) is 20.4. The van der Waals surface area contributed by atoms with Gasteiger partial charge in [-0.15, -0.1) is 6.58 Å². The fourth-order valence-corrected chi connectivity index (χ4v) is 4.10. The largest absolute Gasteiger partial charge is 0.450 e. The number of amides is 1. The van der Waals surface area contributed by atoms with Gasteiger partial charge in [0.25, 0.3) is 0 Å². The van der Waals surface area contributed by atoms with Crippen molar-refractivity contribution in [3.8, 4) is 11.5 Å². The van der Waals surface area contributed by atoms with Crippen LogP contribution in [0.3, 0.4) is 0 Å². The van der Waals surface area contributed by atoms with E-state index in [0.717, 1.165) is 41.2 Å².